The minimum atomic E-state index is -0.259. The van der Waals surface area contributed by atoms with Gasteiger partial charge in [-0.05, 0) is 49.4 Å². The highest BCUT2D eigenvalue weighted by molar-refractivity contribution is 7.80. The van der Waals surface area contributed by atoms with Gasteiger partial charge >= 0.3 is 0 Å². The van der Waals surface area contributed by atoms with Crippen LogP contribution in [0, 0.1) is 0 Å². The Morgan fingerprint density at radius 3 is 2.36 bits per heavy atom. The Morgan fingerprint density at radius 1 is 1.09 bits per heavy atom. The van der Waals surface area contributed by atoms with Crippen LogP contribution in [0.1, 0.15) is 63.4 Å². The van der Waals surface area contributed by atoms with Crippen LogP contribution in [0.5, 0.6) is 0 Å². The van der Waals surface area contributed by atoms with E-state index >= 15 is 0 Å². The number of hydrogen-bond donors (Lipinski definition) is 3. The van der Waals surface area contributed by atoms with Crippen molar-refractivity contribution in [1.82, 2.24) is 0 Å². The smallest absolute Gasteiger partial charge is 0.235 e. The van der Waals surface area contributed by atoms with E-state index in [1.807, 2.05) is 18.2 Å². The number of nitrogens with two attached hydrogens (primary N) is 1. The number of amides is 1. The van der Waals surface area contributed by atoms with E-state index in [9.17, 15) is 4.79 Å². The molecule has 0 saturated heterocycles. The third-order valence-electron chi connectivity index (χ3n) is 5.27. The standard InChI is InChI=1S/C12H14N2O.C6H12S/c13-8-3-4-10-9(7-8)12(11(15)14-10)5-1-2-6-12;7-6-4-2-1-3-5-6/h3-4,7H,1-2,5-6,13H2,(H,14,15);6-7H,1-5H2. The Labute approximate surface area is 138 Å². The number of anilines is 2. The molecule has 2 aliphatic carbocycles. The summed E-state index contributed by atoms with van der Waals surface area (Å²) in [5, 5.41) is 3.69. The first-order valence-corrected chi connectivity index (χ1v) is 9.03. The molecule has 0 bridgehead atoms. The molecule has 0 unspecified atom stereocenters. The van der Waals surface area contributed by atoms with Crippen LogP contribution in [0.2, 0.25) is 0 Å². The normalized spacial score (nSPS) is 22.9. The molecule has 4 rings (SSSR count). The van der Waals surface area contributed by atoms with Crippen molar-refractivity contribution in [2.75, 3.05) is 11.1 Å². The molecule has 1 spiro atoms. The van der Waals surface area contributed by atoms with Crippen molar-refractivity contribution in [2.45, 2.75) is 68.5 Å². The largest absolute Gasteiger partial charge is 0.399 e. The summed E-state index contributed by atoms with van der Waals surface area (Å²) in [6, 6.07) is 5.71. The van der Waals surface area contributed by atoms with E-state index in [2.05, 4.69) is 17.9 Å². The zero-order valence-corrected chi connectivity index (χ0v) is 14.0. The molecule has 3 N–H and O–H groups in total. The molecule has 2 saturated carbocycles. The SMILES string of the molecule is Nc1ccc2c(c1)C1(CCCC1)C(=O)N2.SC1CCCCC1. The van der Waals surface area contributed by atoms with Crippen molar-refractivity contribution in [3.8, 4) is 0 Å². The zero-order chi connectivity index (χ0) is 15.6. The maximum absolute atomic E-state index is 12.0. The van der Waals surface area contributed by atoms with Gasteiger partial charge in [0.2, 0.25) is 5.91 Å². The van der Waals surface area contributed by atoms with Gasteiger partial charge in [0.1, 0.15) is 0 Å². The van der Waals surface area contributed by atoms with Gasteiger partial charge in [0.15, 0.2) is 0 Å². The fourth-order valence-electron chi connectivity index (χ4n) is 3.99. The zero-order valence-electron chi connectivity index (χ0n) is 13.1. The third-order valence-corrected chi connectivity index (χ3v) is 5.79. The lowest BCUT2D eigenvalue weighted by molar-refractivity contribution is -0.120. The molecule has 3 nitrogen and oxygen atoms in total. The Balaban J connectivity index is 0.000000174. The first-order valence-electron chi connectivity index (χ1n) is 8.51. The monoisotopic (exact) mass is 318 g/mol. The summed E-state index contributed by atoms with van der Waals surface area (Å²) in [6.07, 6.45) is 11.2. The van der Waals surface area contributed by atoms with Crippen molar-refractivity contribution in [2.24, 2.45) is 0 Å². The minimum absolute atomic E-state index is 0.167. The number of carbonyl (C=O) groups excluding carboxylic acids is 1. The maximum Gasteiger partial charge on any atom is 0.235 e. The molecule has 22 heavy (non-hydrogen) atoms. The number of thiol groups is 1. The lowest BCUT2D eigenvalue weighted by Crippen LogP contribution is -2.30. The van der Waals surface area contributed by atoms with Gasteiger partial charge in [-0.2, -0.15) is 12.6 Å². The number of nitrogen functional groups attached to an aromatic ring is 1. The van der Waals surface area contributed by atoms with E-state index in [1.165, 1.54) is 32.1 Å². The van der Waals surface area contributed by atoms with Crippen LogP contribution in [-0.2, 0) is 10.2 Å². The van der Waals surface area contributed by atoms with Gasteiger partial charge in [0.25, 0.3) is 0 Å². The fraction of sp³-hybridized carbons (Fsp3) is 0.611. The van der Waals surface area contributed by atoms with Gasteiger partial charge in [0.05, 0.1) is 5.41 Å². The van der Waals surface area contributed by atoms with Gasteiger partial charge in [-0.3, -0.25) is 4.79 Å². The topological polar surface area (TPSA) is 55.1 Å². The van der Waals surface area contributed by atoms with Crippen molar-refractivity contribution in [3.63, 3.8) is 0 Å². The van der Waals surface area contributed by atoms with Crippen LogP contribution < -0.4 is 11.1 Å². The molecular weight excluding hydrogens is 292 g/mol. The van der Waals surface area contributed by atoms with E-state index in [0.29, 0.717) is 0 Å². The second kappa shape index (κ2) is 6.53. The summed E-state index contributed by atoms with van der Waals surface area (Å²) in [4.78, 5) is 12.0. The van der Waals surface area contributed by atoms with Crippen LogP contribution >= 0.6 is 12.6 Å². The van der Waals surface area contributed by atoms with Crippen LogP contribution in [0.15, 0.2) is 18.2 Å². The van der Waals surface area contributed by atoms with Crippen LogP contribution in [0.4, 0.5) is 11.4 Å². The summed E-state index contributed by atoms with van der Waals surface area (Å²) >= 11 is 4.36. The van der Waals surface area contributed by atoms with Crippen molar-refractivity contribution in [1.29, 1.82) is 0 Å². The van der Waals surface area contributed by atoms with E-state index < -0.39 is 0 Å². The van der Waals surface area contributed by atoms with Gasteiger partial charge in [-0.1, -0.05) is 32.1 Å². The predicted molar refractivity (Wildman–Crippen MR) is 95.5 cm³/mol. The molecule has 1 aliphatic heterocycles. The summed E-state index contributed by atoms with van der Waals surface area (Å²) in [6.45, 7) is 0. The fourth-order valence-corrected chi connectivity index (χ4v) is 4.35. The molecule has 120 valence electrons. The number of rotatable bonds is 0. The summed E-state index contributed by atoms with van der Waals surface area (Å²) in [7, 11) is 0. The lowest BCUT2D eigenvalue weighted by atomic mass is 9.80. The Morgan fingerprint density at radius 2 is 1.77 bits per heavy atom. The first kappa shape index (κ1) is 15.7. The van der Waals surface area contributed by atoms with E-state index in [0.717, 1.165) is 47.9 Å². The highest BCUT2D eigenvalue weighted by atomic mass is 32.1. The van der Waals surface area contributed by atoms with Crippen LogP contribution in [0.3, 0.4) is 0 Å². The highest BCUT2D eigenvalue weighted by Gasteiger charge is 2.48. The Hall–Kier alpha value is -1.16. The van der Waals surface area contributed by atoms with E-state index in [-0.39, 0.29) is 11.3 Å². The van der Waals surface area contributed by atoms with Crippen LogP contribution in [-0.4, -0.2) is 11.2 Å². The van der Waals surface area contributed by atoms with Crippen molar-refractivity contribution >= 4 is 29.9 Å². The van der Waals surface area contributed by atoms with Gasteiger partial charge in [-0.25, -0.2) is 0 Å². The third kappa shape index (κ3) is 2.98. The molecule has 0 atom stereocenters. The second-order valence-corrected chi connectivity index (χ2v) is 7.57. The average Bonchev–Trinajstić information content (AvgIpc) is 3.10. The molecule has 1 aromatic rings. The summed E-state index contributed by atoms with van der Waals surface area (Å²) < 4.78 is 0. The molecular formula is C18H26N2OS. The first-order chi connectivity index (χ1) is 10.6. The molecule has 2 fully saturated rings. The molecule has 1 heterocycles. The molecule has 1 amide bonds. The molecule has 0 radical (unpaired) electrons. The van der Waals surface area contributed by atoms with E-state index in [1.54, 1.807) is 0 Å². The average molecular weight is 318 g/mol. The number of carbonyl (C=O) groups is 1. The number of nitrogens with one attached hydrogen (secondary N) is 1. The summed E-state index contributed by atoms with van der Waals surface area (Å²) in [5.74, 6) is 0.167. The van der Waals surface area contributed by atoms with Gasteiger partial charge in [0, 0.05) is 16.6 Å². The summed E-state index contributed by atoms with van der Waals surface area (Å²) in [5.41, 5.74) is 8.35. The van der Waals surface area contributed by atoms with Gasteiger partial charge < -0.3 is 11.1 Å². The molecule has 4 heteroatoms. The molecule has 0 aromatic heterocycles. The Kier molecular flexibility index (Phi) is 4.67. The second-order valence-electron chi connectivity index (χ2n) is 6.84. The Bertz CT molecular complexity index is 546. The number of benzene rings is 1. The van der Waals surface area contributed by atoms with Gasteiger partial charge in [-0.15, -0.1) is 0 Å². The lowest BCUT2D eigenvalue weighted by Gasteiger charge is -2.20. The maximum atomic E-state index is 12.0. The van der Waals surface area contributed by atoms with E-state index in [4.69, 9.17) is 5.73 Å². The van der Waals surface area contributed by atoms with Crippen molar-refractivity contribution < 1.29 is 4.79 Å². The highest BCUT2D eigenvalue weighted by Crippen LogP contribution is 2.49. The van der Waals surface area contributed by atoms with Crippen LogP contribution in [0.25, 0.3) is 0 Å². The molecule has 3 aliphatic rings. The number of fused-ring (bicyclic) bond motifs is 2. The predicted octanol–water partition coefficient (Wildman–Crippen LogP) is 4.28. The molecule has 1 aromatic carbocycles. The van der Waals surface area contributed by atoms with Crippen molar-refractivity contribution in [3.05, 3.63) is 23.8 Å². The number of hydrogen-bond acceptors (Lipinski definition) is 3. The quantitative estimate of drug-likeness (QED) is 0.494. The minimum Gasteiger partial charge on any atom is -0.399 e.